The minimum atomic E-state index is -0.377. The number of aromatic nitrogens is 4. The van der Waals surface area contributed by atoms with Gasteiger partial charge in [-0.15, -0.1) is 0 Å². The molecule has 1 fully saturated rings. The molecule has 0 atom stereocenters. The van der Waals surface area contributed by atoms with Crippen molar-refractivity contribution in [2.45, 2.75) is 0 Å². The van der Waals surface area contributed by atoms with Gasteiger partial charge in [0, 0.05) is 67.8 Å². The quantitative estimate of drug-likeness (QED) is 0.382. The zero-order valence-corrected chi connectivity index (χ0v) is 19.1. The van der Waals surface area contributed by atoms with Crippen molar-refractivity contribution in [2.24, 2.45) is 0 Å². The molecular formula is C23H22ClN7O3. The van der Waals surface area contributed by atoms with E-state index in [-0.39, 0.29) is 11.4 Å². The van der Waals surface area contributed by atoms with Gasteiger partial charge in [0.25, 0.3) is 5.56 Å². The number of ether oxygens (including phenoxy) is 2. The number of methoxy groups -OCH3 is 1. The maximum Gasteiger partial charge on any atom is 0.275 e. The normalized spacial score (nSPS) is 13.6. The first-order chi connectivity index (χ1) is 16.6. The van der Waals surface area contributed by atoms with Crippen LogP contribution in [0.2, 0.25) is 5.02 Å². The van der Waals surface area contributed by atoms with E-state index in [4.69, 9.17) is 21.1 Å². The number of benzene rings is 1. The van der Waals surface area contributed by atoms with E-state index < -0.39 is 0 Å². The van der Waals surface area contributed by atoms with Gasteiger partial charge < -0.3 is 25.0 Å². The standard InChI is InChI=1S/C23H22ClN7O3/c1-33-19-11-15(31-8-6-25-7-9-31)2-3-17(19)28-22-21-14(12-27-30-23(21)32)10-20(29-22)34-18-4-5-26-13-16(18)24/h2-5,10-13,25H,6-9H2,1H3,(H,28,29)(H,30,32). The van der Waals surface area contributed by atoms with Gasteiger partial charge in [0.05, 0.1) is 24.4 Å². The summed E-state index contributed by atoms with van der Waals surface area (Å²) in [5.41, 5.74) is 1.34. The van der Waals surface area contributed by atoms with E-state index in [1.54, 1.807) is 25.4 Å². The first-order valence-electron chi connectivity index (χ1n) is 10.7. The number of anilines is 3. The number of pyridine rings is 2. The summed E-state index contributed by atoms with van der Waals surface area (Å²) in [4.78, 5) is 23.4. The lowest BCUT2D eigenvalue weighted by atomic mass is 10.2. The Morgan fingerprint density at radius 2 is 1.97 bits per heavy atom. The van der Waals surface area contributed by atoms with Gasteiger partial charge in [-0.05, 0) is 12.1 Å². The Bertz CT molecular complexity index is 1390. The molecule has 3 aromatic heterocycles. The molecule has 0 unspecified atom stereocenters. The lowest BCUT2D eigenvalue weighted by molar-refractivity contribution is 0.416. The number of H-pyrrole nitrogens is 1. The van der Waals surface area contributed by atoms with Crippen LogP contribution in [0.25, 0.3) is 10.8 Å². The first kappa shape index (κ1) is 21.9. The first-order valence-corrected chi connectivity index (χ1v) is 11.1. The molecule has 174 valence electrons. The van der Waals surface area contributed by atoms with Crippen molar-refractivity contribution in [3.63, 3.8) is 0 Å². The predicted molar refractivity (Wildman–Crippen MR) is 131 cm³/mol. The van der Waals surface area contributed by atoms with Crippen molar-refractivity contribution in [2.75, 3.05) is 43.5 Å². The van der Waals surface area contributed by atoms with Crippen molar-refractivity contribution in [3.05, 3.63) is 64.3 Å². The molecule has 4 heterocycles. The molecule has 1 saturated heterocycles. The summed E-state index contributed by atoms with van der Waals surface area (Å²) in [6, 6.07) is 9.16. The lowest BCUT2D eigenvalue weighted by Crippen LogP contribution is -2.43. The van der Waals surface area contributed by atoms with E-state index in [1.165, 1.54) is 12.4 Å². The van der Waals surface area contributed by atoms with Crippen LogP contribution >= 0.6 is 11.6 Å². The van der Waals surface area contributed by atoms with E-state index in [1.807, 2.05) is 18.2 Å². The number of nitrogens with zero attached hydrogens (tertiary/aromatic N) is 4. The molecule has 0 saturated carbocycles. The van der Waals surface area contributed by atoms with Crippen molar-refractivity contribution >= 4 is 39.6 Å². The van der Waals surface area contributed by atoms with Crippen LogP contribution in [-0.2, 0) is 0 Å². The number of hydrogen-bond acceptors (Lipinski definition) is 9. The Kier molecular flexibility index (Phi) is 6.15. The van der Waals surface area contributed by atoms with Gasteiger partial charge in [-0.2, -0.15) is 10.1 Å². The fourth-order valence-electron chi connectivity index (χ4n) is 3.83. The molecule has 11 heteroatoms. The number of nitrogens with one attached hydrogen (secondary N) is 3. The summed E-state index contributed by atoms with van der Waals surface area (Å²) in [7, 11) is 1.61. The molecular weight excluding hydrogens is 458 g/mol. The summed E-state index contributed by atoms with van der Waals surface area (Å²) >= 11 is 6.18. The number of piperazine rings is 1. The third kappa shape index (κ3) is 4.45. The summed E-state index contributed by atoms with van der Waals surface area (Å²) in [5, 5.41) is 14.2. The van der Waals surface area contributed by atoms with Gasteiger partial charge in [0.15, 0.2) is 5.75 Å². The zero-order chi connectivity index (χ0) is 23.5. The molecule has 4 aromatic rings. The minimum absolute atomic E-state index is 0.243. The highest BCUT2D eigenvalue weighted by atomic mass is 35.5. The highest BCUT2D eigenvalue weighted by molar-refractivity contribution is 6.31. The summed E-state index contributed by atoms with van der Waals surface area (Å²) in [6.07, 6.45) is 4.59. The highest BCUT2D eigenvalue weighted by Gasteiger charge is 2.17. The van der Waals surface area contributed by atoms with E-state index in [9.17, 15) is 4.79 Å². The van der Waals surface area contributed by atoms with Crippen LogP contribution < -0.4 is 30.6 Å². The van der Waals surface area contributed by atoms with Gasteiger partial charge in [0.2, 0.25) is 5.88 Å². The maximum atomic E-state index is 12.6. The van der Waals surface area contributed by atoms with Gasteiger partial charge in [-0.25, -0.2) is 5.10 Å². The number of halogens is 1. The number of fused-ring (bicyclic) bond motifs is 1. The SMILES string of the molecule is COc1cc(N2CCNCC2)ccc1Nc1nc(Oc2ccncc2Cl)cc2cn[nH]c(=O)c12. The van der Waals surface area contributed by atoms with Gasteiger partial charge in [-0.1, -0.05) is 11.6 Å². The smallest absolute Gasteiger partial charge is 0.275 e. The third-order valence-electron chi connectivity index (χ3n) is 5.49. The van der Waals surface area contributed by atoms with E-state index in [2.05, 4.69) is 35.7 Å². The molecule has 0 aliphatic carbocycles. The van der Waals surface area contributed by atoms with Gasteiger partial charge >= 0.3 is 0 Å². The number of hydrogen-bond donors (Lipinski definition) is 3. The van der Waals surface area contributed by atoms with Crippen LogP contribution in [0.3, 0.4) is 0 Å². The minimum Gasteiger partial charge on any atom is -0.494 e. The van der Waals surface area contributed by atoms with Crippen LogP contribution in [0, 0.1) is 0 Å². The monoisotopic (exact) mass is 479 g/mol. The Morgan fingerprint density at radius 3 is 2.76 bits per heavy atom. The molecule has 0 amide bonds. The molecule has 5 rings (SSSR count). The third-order valence-corrected chi connectivity index (χ3v) is 5.78. The summed E-state index contributed by atoms with van der Waals surface area (Å²) in [5.74, 6) is 1.56. The fourth-order valence-corrected chi connectivity index (χ4v) is 3.99. The molecule has 0 spiro atoms. The zero-order valence-electron chi connectivity index (χ0n) is 18.3. The Morgan fingerprint density at radius 1 is 1.12 bits per heavy atom. The van der Waals surface area contributed by atoms with Crippen LogP contribution in [-0.4, -0.2) is 53.5 Å². The van der Waals surface area contributed by atoms with Crippen molar-refractivity contribution in [1.82, 2.24) is 25.5 Å². The largest absolute Gasteiger partial charge is 0.494 e. The lowest BCUT2D eigenvalue weighted by Gasteiger charge is -2.30. The molecule has 34 heavy (non-hydrogen) atoms. The average Bonchev–Trinajstić information content (AvgIpc) is 2.86. The highest BCUT2D eigenvalue weighted by Crippen LogP contribution is 2.35. The molecule has 10 nitrogen and oxygen atoms in total. The van der Waals surface area contributed by atoms with Crippen LogP contribution in [0.1, 0.15) is 0 Å². The van der Waals surface area contributed by atoms with Crippen LogP contribution in [0.4, 0.5) is 17.2 Å². The van der Waals surface area contributed by atoms with Gasteiger partial charge in [-0.3, -0.25) is 9.78 Å². The second-order valence-corrected chi connectivity index (χ2v) is 8.03. The number of aromatic amines is 1. The van der Waals surface area contributed by atoms with E-state index >= 15 is 0 Å². The van der Waals surface area contributed by atoms with Gasteiger partial charge in [0.1, 0.15) is 16.6 Å². The topological polar surface area (TPSA) is 117 Å². The molecule has 1 aliphatic rings. The Labute approximate surface area is 199 Å². The number of rotatable bonds is 6. The van der Waals surface area contributed by atoms with E-state index in [0.29, 0.717) is 38.8 Å². The van der Waals surface area contributed by atoms with Crippen molar-refractivity contribution in [1.29, 1.82) is 0 Å². The molecule has 1 aliphatic heterocycles. The summed E-state index contributed by atoms with van der Waals surface area (Å²) < 4.78 is 11.5. The van der Waals surface area contributed by atoms with Crippen molar-refractivity contribution in [3.8, 4) is 17.4 Å². The molecule has 0 radical (unpaired) electrons. The molecule has 0 bridgehead atoms. The Hall–Kier alpha value is -3.89. The molecule has 3 N–H and O–H groups in total. The second kappa shape index (κ2) is 9.54. The molecule has 1 aromatic carbocycles. The summed E-state index contributed by atoms with van der Waals surface area (Å²) in [6.45, 7) is 3.70. The van der Waals surface area contributed by atoms with Crippen LogP contribution in [0.15, 0.2) is 53.7 Å². The van der Waals surface area contributed by atoms with E-state index in [0.717, 1.165) is 31.9 Å². The average molecular weight is 480 g/mol. The fraction of sp³-hybridized carbons (Fsp3) is 0.217. The predicted octanol–water partition coefficient (Wildman–Crippen LogP) is 3.32. The maximum absolute atomic E-state index is 12.6. The van der Waals surface area contributed by atoms with Crippen LogP contribution in [0.5, 0.6) is 17.4 Å². The second-order valence-electron chi connectivity index (χ2n) is 7.63. The van der Waals surface area contributed by atoms with Crippen molar-refractivity contribution < 1.29 is 9.47 Å². The Balaban J connectivity index is 1.53.